The number of hydrogen-bond donors (Lipinski definition) is 2. The number of rotatable bonds is 11. The molecule has 0 fully saturated rings. The van der Waals surface area contributed by atoms with Gasteiger partial charge in [0.25, 0.3) is 11.6 Å². The fourth-order valence-corrected chi connectivity index (χ4v) is 2.94. The lowest BCUT2D eigenvalue weighted by molar-refractivity contribution is -0.384. The number of methoxy groups -OCH3 is 1. The van der Waals surface area contributed by atoms with E-state index in [1.165, 1.54) is 24.3 Å². The van der Waals surface area contributed by atoms with Crippen LogP contribution in [0.15, 0.2) is 72.8 Å². The van der Waals surface area contributed by atoms with Gasteiger partial charge >= 0.3 is 5.97 Å². The highest BCUT2D eigenvalue weighted by molar-refractivity contribution is 5.94. The van der Waals surface area contributed by atoms with Crippen LogP contribution in [0.5, 0.6) is 17.2 Å². The first-order valence-electron chi connectivity index (χ1n) is 10.7. The summed E-state index contributed by atoms with van der Waals surface area (Å²) in [4.78, 5) is 46.1. The average Bonchev–Trinajstić information content (AvgIpc) is 2.88. The molecule has 0 aliphatic carbocycles. The molecule has 3 rings (SSSR count). The van der Waals surface area contributed by atoms with Crippen LogP contribution in [0.2, 0.25) is 0 Å². The van der Waals surface area contributed by atoms with Gasteiger partial charge in [0, 0.05) is 29.9 Å². The zero-order chi connectivity index (χ0) is 25.9. The van der Waals surface area contributed by atoms with E-state index in [-0.39, 0.29) is 24.2 Å². The first kappa shape index (κ1) is 25.7. The van der Waals surface area contributed by atoms with E-state index >= 15 is 0 Å². The number of carbonyl (C=O) groups is 3. The molecule has 0 saturated carbocycles. The molecule has 0 aromatic heterocycles. The fraction of sp³-hybridized carbons (Fsp3) is 0.160. The van der Waals surface area contributed by atoms with Crippen LogP contribution in [0, 0.1) is 10.1 Å². The molecule has 2 amide bonds. The number of nitrogens with one attached hydrogen (secondary N) is 2. The van der Waals surface area contributed by atoms with E-state index in [0.29, 0.717) is 22.9 Å². The first-order chi connectivity index (χ1) is 17.3. The van der Waals surface area contributed by atoms with E-state index in [0.717, 1.165) is 0 Å². The topological polar surface area (TPSA) is 146 Å². The second kappa shape index (κ2) is 12.5. The largest absolute Gasteiger partial charge is 0.497 e. The molecule has 36 heavy (non-hydrogen) atoms. The van der Waals surface area contributed by atoms with Crippen molar-refractivity contribution in [1.82, 2.24) is 0 Å². The predicted octanol–water partition coefficient (Wildman–Crippen LogP) is 4.30. The number of nitrogens with zero attached hydrogens (tertiary/aromatic N) is 1. The molecule has 11 heteroatoms. The second-order valence-electron chi connectivity index (χ2n) is 7.37. The molecule has 3 aromatic rings. The minimum Gasteiger partial charge on any atom is -0.497 e. The Bertz CT molecular complexity index is 1230. The molecule has 0 bridgehead atoms. The van der Waals surface area contributed by atoms with Crippen molar-refractivity contribution in [2.75, 3.05) is 24.4 Å². The van der Waals surface area contributed by atoms with Crippen LogP contribution in [0.25, 0.3) is 0 Å². The van der Waals surface area contributed by atoms with Gasteiger partial charge in [0.05, 0.1) is 18.5 Å². The molecule has 0 aliphatic heterocycles. The molecule has 0 saturated heterocycles. The van der Waals surface area contributed by atoms with Crippen LogP contribution < -0.4 is 20.1 Å². The van der Waals surface area contributed by atoms with Crippen LogP contribution in [-0.2, 0) is 19.1 Å². The number of carbonyl (C=O) groups excluding carboxylic acids is 3. The van der Waals surface area contributed by atoms with Gasteiger partial charge in [0.1, 0.15) is 17.2 Å². The van der Waals surface area contributed by atoms with Crippen molar-refractivity contribution < 1.29 is 33.5 Å². The van der Waals surface area contributed by atoms with Gasteiger partial charge in [-0.3, -0.25) is 24.5 Å². The average molecular weight is 493 g/mol. The maximum Gasteiger partial charge on any atom is 0.306 e. The number of esters is 1. The molecule has 3 aromatic carbocycles. The molecule has 11 nitrogen and oxygen atoms in total. The minimum atomic E-state index is -0.734. The quantitative estimate of drug-likeness (QED) is 0.228. The standard InChI is InChI=1S/C25H23N3O8/c1-34-20-9-11-22(12-10-20)36-21-7-5-17(6-8-21)26-23(29)13-14-25(31)35-16-24(30)27-18-3-2-4-19(15-18)28(32)33/h2-12,15H,13-14,16H2,1H3,(H,26,29)(H,27,30). The van der Waals surface area contributed by atoms with Gasteiger partial charge in [0.2, 0.25) is 5.91 Å². The third kappa shape index (κ3) is 8.13. The number of ether oxygens (including phenoxy) is 3. The van der Waals surface area contributed by atoms with Gasteiger partial charge < -0.3 is 24.8 Å². The van der Waals surface area contributed by atoms with Crippen LogP contribution in [0.1, 0.15) is 12.8 Å². The Balaban J connectivity index is 1.37. The second-order valence-corrected chi connectivity index (χ2v) is 7.37. The molecule has 0 radical (unpaired) electrons. The van der Waals surface area contributed by atoms with Crippen molar-refractivity contribution in [3.8, 4) is 17.2 Å². The smallest absolute Gasteiger partial charge is 0.306 e. The molecule has 0 aliphatic rings. The number of nitro benzene ring substituents is 1. The number of hydrogen-bond acceptors (Lipinski definition) is 8. The number of amides is 2. The Labute approximate surface area is 206 Å². The molecule has 0 unspecified atom stereocenters. The van der Waals surface area contributed by atoms with Gasteiger partial charge in [-0.25, -0.2) is 0 Å². The van der Waals surface area contributed by atoms with E-state index < -0.39 is 29.3 Å². The molecule has 0 spiro atoms. The maximum atomic E-state index is 12.1. The van der Waals surface area contributed by atoms with Crippen molar-refractivity contribution in [1.29, 1.82) is 0 Å². The van der Waals surface area contributed by atoms with Crippen molar-refractivity contribution >= 4 is 34.8 Å². The van der Waals surface area contributed by atoms with Crippen LogP contribution in [-0.4, -0.2) is 36.4 Å². The molecule has 0 atom stereocenters. The minimum absolute atomic E-state index is 0.143. The zero-order valence-corrected chi connectivity index (χ0v) is 19.3. The number of anilines is 2. The third-order valence-corrected chi connectivity index (χ3v) is 4.69. The van der Waals surface area contributed by atoms with Crippen LogP contribution in [0.4, 0.5) is 17.1 Å². The van der Waals surface area contributed by atoms with Crippen molar-refractivity contribution in [3.63, 3.8) is 0 Å². The lowest BCUT2D eigenvalue weighted by Gasteiger charge is -2.09. The lowest BCUT2D eigenvalue weighted by atomic mass is 10.2. The first-order valence-corrected chi connectivity index (χ1v) is 10.7. The Morgan fingerprint density at radius 3 is 2.06 bits per heavy atom. The maximum absolute atomic E-state index is 12.1. The summed E-state index contributed by atoms with van der Waals surface area (Å²) in [6.45, 7) is -0.585. The van der Waals surface area contributed by atoms with Crippen molar-refractivity contribution in [3.05, 3.63) is 82.9 Å². The Morgan fingerprint density at radius 1 is 0.806 bits per heavy atom. The van der Waals surface area contributed by atoms with Crippen molar-refractivity contribution in [2.24, 2.45) is 0 Å². The van der Waals surface area contributed by atoms with E-state index in [4.69, 9.17) is 14.2 Å². The van der Waals surface area contributed by atoms with E-state index in [1.54, 1.807) is 55.6 Å². The Kier molecular flexibility index (Phi) is 8.93. The van der Waals surface area contributed by atoms with Gasteiger partial charge in [-0.1, -0.05) is 6.07 Å². The SMILES string of the molecule is COc1ccc(Oc2ccc(NC(=O)CCC(=O)OCC(=O)Nc3cccc([N+](=O)[O-])c3)cc2)cc1. The highest BCUT2D eigenvalue weighted by Gasteiger charge is 2.12. The predicted molar refractivity (Wildman–Crippen MR) is 130 cm³/mol. The zero-order valence-electron chi connectivity index (χ0n) is 19.3. The summed E-state index contributed by atoms with van der Waals surface area (Å²) < 4.78 is 15.7. The Morgan fingerprint density at radius 2 is 1.42 bits per heavy atom. The highest BCUT2D eigenvalue weighted by atomic mass is 16.6. The summed E-state index contributed by atoms with van der Waals surface area (Å²) in [7, 11) is 1.58. The molecule has 0 heterocycles. The monoisotopic (exact) mass is 493 g/mol. The van der Waals surface area contributed by atoms with Crippen LogP contribution in [0.3, 0.4) is 0 Å². The third-order valence-electron chi connectivity index (χ3n) is 4.69. The van der Waals surface area contributed by atoms with E-state index in [9.17, 15) is 24.5 Å². The number of benzene rings is 3. The van der Waals surface area contributed by atoms with Crippen molar-refractivity contribution in [2.45, 2.75) is 12.8 Å². The number of nitro groups is 1. The Hall–Kier alpha value is -4.93. The molecule has 2 N–H and O–H groups in total. The summed E-state index contributed by atoms with van der Waals surface area (Å²) in [6, 6.07) is 19.1. The summed E-state index contributed by atoms with van der Waals surface area (Å²) in [5.41, 5.74) is 0.534. The molecular weight excluding hydrogens is 470 g/mol. The van der Waals surface area contributed by atoms with E-state index in [2.05, 4.69) is 10.6 Å². The van der Waals surface area contributed by atoms with Gasteiger partial charge in [-0.2, -0.15) is 0 Å². The van der Waals surface area contributed by atoms with Gasteiger partial charge in [-0.05, 0) is 54.6 Å². The van der Waals surface area contributed by atoms with Gasteiger partial charge in [-0.15, -0.1) is 0 Å². The van der Waals surface area contributed by atoms with E-state index in [1.807, 2.05) is 0 Å². The summed E-state index contributed by atoms with van der Waals surface area (Å²) in [5, 5.41) is 15.8. The molecule has 186 valence electrons. The highest BCUT2D eigenvalue weighted by Crippen LogP contribution is 2.25. The summed E-state index contributed by atoms with van der Waals surface area (Å²) in [6.07, 6.45) is -0.371. The summed E-state index contributed by atoms with van der Waals surface area (Å²) >= 11 is 0. The van der Waals surface area contributed by atoms with Gasteiger partial charge in [0.15, 0.2) is 6.61 Å². The molecular formula is C25H23N3O8. The lowest BCUT2D eigenvalue weighted by Crippen LogP contribution is -2.21. The number of non-ortho nitro benzene ring substituents is 1. The fourth-order valence-electron chi connectivity index (χ4n) is 2.94. The normalized spacial score (nSPS) is 10.1. The van der Waals surface area contributed by atoms with Crippen LogP contribution >= 0.6 is 0 Å². The summed E-state index contributed by atoms with van der Waals surface area (Å²) in [5.74, 6) is 0.118.